The zero-order chi connectivity index (χ0) is 22.4. The van der Waals surface area contributed by atoms with Crippen molar-refractivity contribution >= 4 is 5.69 Å². The van der Waals surface area contributed by atoms with Gasteiger partial charge in [0.25, 0.3) is 0 Å². The maximum absolute atomic E-state index is 13.4. The molecule has 1 aliphatic heterocycles. The molecule has 2 aromatic carbocycles. The van der Waals surface area contributed by atoms with E-state index in [1.54, 1.807) is 25.8 Å². The molecule has 31 heavy (non-hydrogen) atoms. The van der Waals surface area contributed by atoms with Crippen molar-refractivity contribution in [1.82, 2.24) is 9.13 Å². The fourth-order valence-electron chi connectivity index (χ4n) is 4.68. The lowest BCUT2D eigenvalue weighted by molar-refractivity contribution is 0.348. The minimum absolute atomic E-state index is 0.0147. The highest BCUT2D eigenvalue weighted by atomic mass is 16.5. The highest BCUT2D eigenvalue weighted by molar-refractivity contribution is 5.72. The molecule has 0 bridgehead atoms. The fourth-order valence-corrected chi connectivity index (χ4v) is 4.68. The van der Waals surface area contributed by atoms with Gasteiger partial charge < -0.3 is 9.47 Å². The molecule has 6 nitrogen and oxygen atoms in total. The van der Waals surface area contributed by atoms with Gasteiger partial charge in [-0.3, -0.25) is 9.13 Å². The molecule has 1 unspecified atom stereocenters. The first-order valence-electron chi connectivity index (χ1n) is 10.5. The minimum Gasteiger partial charge on any atom is -0.493 e. The smallest absolute Gasteiger partial charge is 0.330 e. The standard InChI is InChI=1S/C25H29N3O3/c1-14-10-15(2)23(16(3)11-14)26-22-13-20-18-8-9-21(30-6)24(31-7)19(18)12-17(4)28(20)25(29)27(22)5/h8-11,13,17H,12H2,1-7H3/b26-22-. The number of aromatic nitrogens is 2. The minimum atomic E-state index is -0.0772. The van der Waals surface area contributed by atoms with Gasteiger partial charge in [-0.1, -0.05) is 17.7 Å². The third kappa shape index (κ3) is 3.36. The van der Waals surface area contributed by atoms with Crippen LogP contribution in [0.2, 0.25) is 0 Å². The first kappa shape index (κ1) is 21.0. The molecule has 0 spiro atoms. The van der Waals surface area contributed by atoms with Crippen LogP contribution in [0.5, 0.6) is 11.5 Å². The number of rotatable bonds is 3. The van der Waals surface area contributed by atoms with Gasteiger partial charge in [-0.05, 0) is 57.4 Å². The van der Waals surface area contributed by atoms with Crippen molar-refractivity contribution in [2.45, 2.75) is 40.2 Å². The number of aryl methyl sites for hydroxylation is 3. The van der Waals surface area contributed by atoms with Crippen LogP contribution < -0.4 is 20.7 Å². The molecule has 0 saturated carbocycles. The Morgan fingerprint density at radius 3 is 2.32 bits per heavy atom. The first-order valence-corrected chi connectivity index (χ1v) is 10.5. The Labute approximate surface area is 182 Å². The zero-order valence-electron chi connectivity index (χ0n) is 19.2. The van der Waals surface area contributed by atoms with Gasteiger partial charge in [-0.15, -0.1) is 0 Å². The molecule has 1 aliphatic rings. The molecular weight excluding hydrogens is 390 g/mol. The Kier molecular flexibility index (Phi) is 5.25. The summed E-state index contributed by atoms with van der Waals surface area (Å²) in [5.74, 6) is 1.42. The second-order valence-corrected chi connectivity index (χ2v) is 8.34. The van der Waals surface area contributed by atoms with Crippen molar-refractivity contribution in [2.24, 2.45) is 12.0 Å². The summed E-state index contributed by atoms with van der Waals surface area (Å²) in [5, 5.41) is 0. The van der Waals surface area contributed by atoms with E-state index in [1.165, 1.54) is 5.56 Å². The Hall–Kier alpha value is -3.28. The topological polar surface area (TPSA) is 57.8 Å². The summed E-state index contributed by atoms with van der Waals surface area (Å²) in [6.45, 7) is 8.24. The molecule has 1 atom stereocenters. The summed E-state index contributed by atoms with van der Waals surface area (Å²) in [4.78, 5) is 18.3. The maximum Gasteiger partial charge on any atom is 0.330 e. The van der Waals surface area contributed by atoms with E-state index in [2.05, 4.69) is 39.8 Å². The molecule has 6 heteroatoms. The van der Waals surface area contributed by atoms with Gasteiger partial charge in [0.05, 0.1) is 25.6 Å². The molecule has 0 fully saturated rings. The molecule has 3 aromatic rings. The van der Waals surface area contributed by atoms with Crippen molar-refractivity contribution < 1.29 is 9.47 Å². The van der Waals surface area contributed by atoms with Crippen LogP contribution in [0, 0.1) is 20.8 Å². The second-order valence-electron chi connectivity index (χ2n) is 8.34. The number of ether oxygens (including phenoxy) is 2. The van der Waals surface area contributed by atoms with Gasteiger partial charge >= 0.3 is 5.69 Å². The quantitative estimate of drug-likeness (QED) is 0.641. The summed E-state index contributed by atoms with van der Waals surface area (Å²) < 4.78 is 14.6. The first-order chi connectivity index (χ1) is 14.8. The average molecular weight is 420 g/mol. The summed E-state index contributed by atoms with van der Waals surface area (Å²) >= 11 is 0. The number of hydrogen-bond donors (Lipinski definition) is 0. The van der Waals surface area contributed by atoms with Crippen LogP contribution in [0.4, 0.5) is 5.69 Å². The van der Waals surface area contributed by atoms with E-state index in [4.69, 9.17) is 14.5 Å². The fraction of sp³-hybridized carbons (Fsp3) is 0.360. The number of methoxy groups -OCH3 is 2. The van der Waals surface area contributed by atoms with Gasteiger partial charge in [0, 0.05) is 30.3 Å². The highest BCUT2D eigenvalue weighted by Crippen LogP contribution is 2.42. The normalized spacial score (nSPS) is 15.5. The largest absolute Gasteiger partial charge is 0.493 e. The number of hydrogen-bond acceptors (Lipinski definition) is 4. The van der Waals surface area contributed by atoms with E-state index < -0.39 is 0 Å². The Bertz CT molecular complexity index is 1290. The summed E-state index contributed by atoms with van der Waals surface area (Å²) in [6.07, 6.45) is 0.690. The maximum atomic E-state index is 13.4. The molecule has 0 radical (unpaired) electrons. The van der Waals surface area contributed by atoms with E-state index in [0.717, 1.165) is 39.4 Å². The van der Waals surface area contributed by atoms with E-state index in [9.17, 15) is 4.79 Å². The lowest BCUT2D eigenvalue weighted by Gasteiger charge is -2.29. The molecule has 162 valence electrons. The van der Waals surface area contributed by atoms with Gasteiger partial charge in [-0.25, -0.2) is 9.79 Å². The zero-order valence-corrected chi connectivity index (χ0v) is 19.2. The van der Waals surface area contributed by atoms with E-state index >= 15 is 0 Å². The molecule has 2 heterocycles. The van der Waals surface area contributed by atoms with Crippen molar-refractivity contribution in [3.05, 3.63) is 68.6 Å². The van der Waals surface area contributed by atoms with E-state index in [-0.39, 0.29) is 11.7 Å². The van der Waals surface area contributed by atoms with E-state index in [1.807, 2.05) is 22.8 Å². The number of benzene rings is 2. The van der Waals surface area contributed by atoms with Crippen LogP contribution in [0.15, 0.2) is 40.1 Å². The van der Waals surface area contributed by atoms with Gasteiger partial charge in [0.15, 0.2) is 11.5 Å². The van der Waals surface area contributed by atoms with Crippen molar-refractivity contribution in [3.63, 3.8) is 0 Å². The van der Waals surface area contributed by atoms with Crippen LogP contribution in [-0.2, 0) is 13.5 Å². The number of fused-ring (bicyclic) bond motifs is 3. The molecule has 0 aliphatic carbocycles. The Balaban J connectivity index is 2.04. The third-order valence-corrected chi connectivity index (χ3v) is 6.09. The summed E-state index contributed by atoms with van der Waals surface area (Å²) in [6, 6.07) is 10.1. The SMILES string of the molecule is COc1ccc2c(c1OC)CC(C)n1c-2c/c(=N/c2c(C)cc(C)cc2C)n(C)c1=O. The Morgan fingerprint density at radius 1 is 1.03 bits per heavy atom. The Morgan fingerprint density at radius 2 is 1.71 bits per heavy atom. The van der Waals surface area contributed by atoms with Crippen molar-refractivity contribution in [3.8, 4) is 22.8 Å². The van der Waals surface area contributed by atoms with Gasteiger partial charge in [0.2, 0.25) is 0 Å². The number of nitrogens with zero attached hydrogens (tertiary/aromatic N) is 3. The molecule has 4 rings (SSSR count). The van der Waals surface area contributed by atoms with Crippen LogP contribution in [0.25, 0.3) is 11.3 Å². The monoisotopic (exact) mass is 419 g/mol. The summed E-state index contributed by atoms with van der Waals surface area (Å²) in [5.41, 5.74) is 7.71. The average Bonchev–Trinajstić information content (AvgIpc) is 2.72. The van der Waals surface area contributed by atoms with Crippen LogP contribution in [0.3, 0.4) is 0 Å². The van der Waals surface area contributed by atoms with Crippen molar-refractivity contribution in [2.75, 3.05) is 14.2 Å². The molecule has 1 aromatic heterocycles. The van der Waals surface area contributed by atoms with Gasteiger partial charge in [0.1, 0.15) is 5.49 Å². The molecule has 0 N–H and O–H groups in total. The van der Waals surface area contributed by atoms with Crippen LogP contribution in [0.1, 0.15) is 35.2 Å². The lowest BCUT2D eigenvalue weighted by atomic mass is 9.92. The predicted octanol–water partition coefficient (Wildman–Crippen LogP) is 4.15. The van der Waals surface area contributed by atoms with Gasteiger partial charge in [-0.2, -0.15) is 0 Å². The molecular formula is C25H29N3O3. The van der Waals surface area contributed by atoms with E-state index in [0.29, 0.717) is 17.7 Å². The predicted molar refractivity (Wildman–Crippen MR) is 123 cm³/mol. The summed E-state index contributed by atoms with van der Waals surface area (Å²) in [7, 11) is 5.07. The lowest BCUT2D eigenvalue weighted by Crippen LogP contribution is -2.41. The molecule has 0 amide bonds. The van der Waals surface area contributed by atoms with Crippen molar-refractivity contribution in [1.29, 1.82) is 0 Å². The highest BCUT2D eigenvalue weighted by Gasteiger charge is 2.28. The molecule has 0 saturated heterocycles. The van der Waals surface area contributed by atoms with Crippen LogP contribution >= 0.6 is 0 Å². The second kappa shape index (κ2) is 7.76. The third-order valence-electron chi connectivity index (χ3n) is 6.09. The van der Waals surface area contributed by atoms with Crippen LogP contribution in [-0.4, -0.2) is 23.4 Å².